The van der Waals surface area contributed by atoms with Crippen LogP contribution in [0, 0.1) is 11.3 Å². The van der Waals surface area contributed by atoms with Gasteiger partial charge in [-0.3, -0.25) is 4.68 Å². The first-order chi connectivity index (χ1) is 8.51. The van der Waals surface area contributed by atoms with Crippen LogP contribution in [0.25, 0.3) is 0 Å². The summed E-state index contributed by atoms with van der Waals surface area (Å²) in [5, 5.41) is 27.1. The predicted octanol–water partition coefficient (Wildman–Crippen LogP) is 1.14. The average molecular weight is 242 g/mol. The molecule has 0 amide bonds. The van der Waals surface area contributed by atoms with Gasteiger partial charge in [-0.05, 0) is 24.6 Å². The van der Waals surface area contributed by atoms with Gasteiger partial charge in [0.05, 0.1) is 22.9 Å². The van der Waals surface area contributed by atoms with Crippen LogP contribution < -0.4 is 0 Å². The molecule has 1 aromatic heterocycles. The molecule has 0 aliphatic rings. The van der Waals surface area contributed by atoms with Crippen molar-refractivity contribution in [1.82, 2.24) is 15.0 Å². The zero-order chi connectivity index (χ0) is 13.2. The second-order valence-corrected chi connectivity index (χ2v) is 4.53. The smallest absolute Gasteiger partial charge is 0.0991 e. The molecule has 0 aliphatic heterocycles. The third-order valence-electron chi connectivity index (χ3n) is 2.79. The summed E-state index contributed by atoms with van der Waals surface area (Å²) in [5.74, 6) is 0. The Hall–Kier alpha value is -2.19. The highest BCUT2D eigenvalue weighted by atomic mass is 16.3. The zero-order valence-corrected chi connectivity index (χ0v) is 10.3. The molecule has 5 heteroatoms. The van der Waals surface area contributed by atoms with Gasteiger partial charge in [-0.1, -0.05) is 17.3 Å². The molecule has 5 nitrogen and oxygen atoms in total. The number of nitrogens with zero attached hydrogens (tertiary/aromatic N) is 4. The first kappa shape index (κ1) is 12.3. The van der Waals surface area contributed by atoms with Crippen molar-refractivity contribution in [1.29, 1.82) is 5.26 Å². The molecule has 1 aromatic carbocycles. The van der Waals surface area contributed by atoms with Crippen LogP contribution in [0.3, 0.4) is 0 Å². The summed E-state index contributed by atoms with van der Waals surface area (Å²) < 4.78 is 1.59. The van der Waals surface area contributed by atoms with Gasteiger partial charge >= 0.3 is 0 Å². The van der Waals surface area contributed by atoms with E-state index < -0.39 is 5.60 Å². The van der Waals surface area contributed by atoms with Gasteiger partial charge in [-0.25, -0.2) is 0 Å². The van der Waals surface area contributed by atoms with Gasteiger partial charge in [0, 0.05) is 19.7 Å². The number of hydrogen-bond acceptors (Lipinski definition) is 4. The van der Waals surface area contributed by atoms with Crippen molar-refractivity contribution >= 4 is 0 Å². The molecule has 2 aromatic rings. The van der Waals surface area contributed by atoms with E-state index in [4.69, 9.17) is 5.26 Å². The fourth-order valence-corrected chi connectivity index (χ4v) is 1.85. The molecule has 0 bridgehead atoms. The van der Waals surface area contributed by atoms with Gasteiger partial charge in [0.1, 0.15) is 0 Å². The summed E-state index contributed by atoms with van der Waals surface area (Å²) in [5.41, 5.74) is 0.882. The number of nitriles is 1. The molecule has 0 saturated carbocycles. The minimum atomic E-state index is -1.07. The number of rotatable bonds is 3. The Labute approximate surface area is 105 Å². The van der Waals surface area contributed by atoms with E-state index in [1.54, 1.807) is 49.1 Å². The van der Waals surface area contributed by atoms with E-state index in [1.807, 2.05) is 0 Å². The van der Waals surface area contributed by atoms with E-state index in [0.29, 0.717) is 23.2 Å². The van der Waals surface area contributed by atoms with Gasteiger partial charge in [0.25, 0.3) is 0 Å². The molecule has 92 valence electrons. The maximum absolute atomic E-state index is 10.5. The van der Waals surface area contributed by atoms with Gasteiger partial charge < -0.3 is 5.11 Å². The van der Waals surface area contributed by atoms with Gasteiger partial charge in [-0.15, -0.1) is 5.10 Å². The first-order valence-corrected chi connectivity index (χ1v) is 5.59. The number of benzene rings is 1. The monoisotopic (exact) mass is 242 g/mol. The molecular formula is C13H14N4O. The molecule has 0 saturated heterocycles. The Morgan fingerprint density at radius 1 is 1.50 bits per heavy atom. The molecule has 1 atom stereocenters. The normalized spacial score (nSPS) is 13.9. The fraction of sp³-hybridized carbons (Fsp3) is 0.308. The average Bonchev–Trinajstić information content (AvgIpc) is 2.74. The number of aliphatic hydroxyl groups is 1. The Bertz CT molecular complexity index is 595. The molecule has 2 rings (SSSR count). The van der Waals surface area contributed by atoms with Crippen LogP contribution in [0.4, 0.5) is 0 Å². The van der Waals surface area contributed by atoms with E-state index in [0.717, 1.165) is 0 Å². The number of aromatic nitrogens is 3. The van der Waals surface area contributed by atoms with Crippen LogP contribution in [0.1, 0.15) is 23.7 Å². The molecular weight excluding hydrogens is 228 g/mol. The molecule has 0 radical (unpaired) electrons. The minimum Gasteiger partial charge on any atom is -0.385 e. The lowest BCUT2D eigenvalue weighted by atomic mass is 9.90. The largest absolute Gasteiger partial charge is 0.385 e. The van der Waals surface area contributed by atoms with Crippen LogP contribution in [0.15, 0.2) is 30.5 Å². The lowest BCUT2D eigenvalue weighted by Crippen LogP contribution is -2.24. The highest BCUT2D eigenvalue weighted by Gasteiger charge is 2.25. The van der Waals surface area contributed by atoms with Gasteiger partial charge in [-0.2, -0.15) is 5.26 Å². The van der Waals surface area contributed by atoms with Crippen LogP contribution in [0.2, 0.25) is 0 Å². The quantitative estimate of drug-likeness (QED) is 0.875. The van der Waals surface area contributed by atoms with Crippen molar-refractivity contribution in [3.05, 3.63) is 47.3 Å². The molecule has 1 heterocycles. The third-order valence-corrected chi connectivity index (χ3v) is 2.79. The number of aryl methyl sites for hydroxylation is 1. The van der Waals surface area contributed by atoms with Crippen molar-refractivity contribution in [3.8, 4) is 6.07 Å². The van der Waals surface area contributed by atoms with Crippen molar-refractivity contribution in [2.24, 2.45) is 7.05 Å². The maximum Gasteiger partial charge on any atom is 0.0991 e. The van der Waals surface area contributed by atoms with Crippen molar-refractivity contribution < 1.29 is 5.11 Å². The summed E-state index contributed by atoms with van der Waals surface area (Å²) in [6.07, 6.45) is 2.12. The molecule has 0 spiro atoms. The Balaban J connectivity index is 2.27. The second kappa shape index (κ2) is 4.59. The molecule has 1 unspecified atom stereocenters. The summed E-state index contributed by atoms with van der Waals surface area (Å²) >= 11 is 0. The van der Waals surface area contributed by atoms with E-state index >= 15 is 0 Å². The SMILES string of the molecule is Cn1cc(CC(C)(O)c2cccc(C#N)c2)nn1. The zero-order valence-electron chi connectivity index (χ0n) is 10.3. The van der Waals surface area contributed by atoms with Gasteiger partial charge in [0.2, 0.25) is 0 Å². The predicted molar refractivity (Wildman–Crippen MR) is 65.4 cm³/mol. The Kier molecular flexibility index (Phi) is 3.13. The van der Waals surface area contributed by atoms with Crippen molar-refractivity contribution in [2.45, 2.75) is 18.9 Å². The van der Waals surface area contributed by atoms with Crippen LogP contribution in [0.5, 0.6) is 0 Å². The summed E-state index contributed by atoms with van der Waals surface area (Å²) in [6, 6.07) is 9.03. The summed E-state index contributed by atoms with van der Waals surface area (Å²) in [6.45, 7) is 1.71. The molecule has 0 aliphatic carbocycles. The van der Waals surface area contributed by atoms with Crippen molar-refractivity contribution in [2.75, 3.05) is 0 Å². The lowest BCUT2D eigenvalue weighted by molar-refractivity contribution is 0.0565. The third kappa shape index (κ3) is 2.55. The summed E-state index contributed by atoms with van der Waals surface area (Å²) in [7, 11) is 1.78. The lowest BCUT2D eigenvalue weighted by Gasteiger charge is -2.22. The standard InChI is InChI=1S/C13H14N4O/c1-13(18,7-12-9-17(2)16-15-12)11-5-3-4-10(6-11)8-14/h3-6,9,18H,7H2,1-2H3. The van der Waals surface area contributed by atoms with Crippen LogP contribution >= 0.6 is 0 Å². The topological polar surface area (TPSA) is 74.7 Å². The first-order valence-electron chi connectivity index (χ1n) is 5.59. The molecule has 1 N–H and O–H groups in total. The van der Waals surface area contributed by atoms with Crippen molar-refractivity contribution in [3.63, 3.8) is 0 Å². The number of hydrogen-bond donors (Lipinski definition) is 1. The summed E-state index contributed by atoms with van der Waals surface area (Å²) in [4.78, 5) is 0. The Morgan fingerprint density at radius 3 is 2.89 bits per heavy atom. The van der Waals surface area contributed by atoms with E-state index in [-0.39, 0.29) is 0 Å². The highest BCUT2D eigenvalue weighted by molar-refractivity contribution is 5.35. The Morgan fingerprint density at radius 2 is 2.28 bits per heavy atom. The van der Waals surface area contributed by atoms with E-state index in [2.05, 4.69) is 16.4 Å². The minimum absolute atomic E-state index is 0.357. The molecule has 18 heavy (non-hydrogen) atoms. The second-order valence-electron chi connectivity index (χ2n) is 4.53. The van der Waals surface area contributed by atoms with Crippen LogP contribution in [-0.4, -0.2) is 20.1 Å². The molecule has 0 fully saturated rings. The highest BCUT2D eigenvalue weighted by Crippen LogP contribution is 2.25. The van der Waals surface area contributed by atoms with Crippen LogP contribution in [-0.2, 0) is 19.1 Å². The fourth-order valence-electron chi connectivity index (χ4n) is 1.85. The maximum atomic E-state index is 10.5. The van der Waals surface area contributed by atoms with E-state index in [9.17, 15) is 5.11 Å². The van der Waals surface area contributed by atoms with Gasteiger partial charge in [0.15, 0.2) is 0 Å². The van der Waals surface area contributed by atoms with E-state index in [1.165, 1.54) is 0 Å².